The van der Waals surface area contributed by atoms with Gasteiger partial charge in [0.25, 0.3) is 0 Å². The molecule has 146 valence electrons. The Morgan fingerprint density at radius 1 is 1.26 bits per heavy atom. The molecule has 0 N–H and O–H groups in total. The molecule has 1 saturated carbocycles. The predicted octanol–water partition coefficient (Wildman–Crippen LogP) is 3.11. The number of ether oxygens (including phenoxy) is 2. The molecule has 3 rings (SSSR count). The summed E-state index contributed by atoms with van der Waals surface area (Å²) in [6.07, 6.45) is -1.63. The number of halogens is 3. The van der Waals surface area contributed by atoms with Gasteiger partial charge in [0.1, 0.15) is 18.0 Å². The molecule has 1 heterocycles. The van der Waals surface area contributed by atoms with E-state index in [0.29, 0.717) is 11.5 Å². The van der Waals surface area contributed by atoms with Crippen LogP contribution in [-0.4, -0.2) is 40.8 Å². The molecule has 1 aliphatic carbocycles. The number of hydrogen-bond acceptors (Lipinski definition) is 4. The smallest absolute Gasteiger partial charge is 0.435 e. The molecule has 2 aromatic rings. The average Bonchev–Trinajstić information content (AvgIpc) is 3.36. The zero-order chi connectivity index (χ0) is 19.6. The van der Waals surface area contributed by atoms with Gasteiger partial charge in [-0.1, -0.05) is 0 Å². The maximum absolute atomic E-state index is 12.7. The number of amides is 1. The molecule has 1 aromatic carbocycles. The van der Waals surface area contributed by atoms with Crippen LogP contribution in [0.4, 0.5) is 13.2 Å². The molecule has 0 spiro atoms. The first-order chi connectivity index (χ1) is 12.8. The number of benzene rings is 1. The van der Waals surface area contributed by atoms with Gasteiger partial charge in [0.05, 0.1) is 14.2 Å². The van der Waals surface area contributed by atoms with Gasteiger partial charge in [-0.3, -0.25) is 9.48 Å². The van der Waals surface area contributed by atoms with Crippen LogP contribution in [0.5, 0.6) is 11.5 Å². The Labute approximate surface area is 154 Å². The molecule has 0 aliphatic heterocycles. The maximum Gasteiger partial charge on any atom is 0.435 e. The lowest BCUT2D eigenvalue weighted by Crippen LogP contribution is -2.35. The van der Waals surface area contributed by atoms with Crippen molar-refractivity contribution < 1.29 is 27.4 Å². The minimum absolute atomic E-state index is 0.0751. The van der Waals surface area contributed by atoms with Crippen LogP contribution in [0.25, 0.3) is 0 Å². The van der Waals surface area contributed by atoms with Crippen molar-refractivity contribution in [1.82, 2.24) is 14.7 Å². The molecule has 1 fully saturated rings. The third-order valence-electron chi connectivity index (χ3n) is 4.36. The molecule has 27 heavy (non-hydrogen) atoms. The quantitative estimate of drug-likeness (QED) is 0.737. The van der Waals surface area contributed by atoms with Crippen LogP contribution in [0.1, 0.15) is 24.1 Å². The summed E-state index contributed by atoms with van der Waals surface area (Å²) in [6.45, 7) is 0.0378. The van der Waals surface area contributed by atoms with Crippen molar-refractivity contribution in [2.75, 3.05) is 14.2 Å². The van der Waals surface area contributed by atoms with Crippen LogP contribution in [0.15, 0.2) is 30.5 Å². The predicted molar refractivity (Wildman–Crippen MR) is 90.3 cm³/mol. The van der Waals surface area contributed by atoms with Crippen LogP contribution in [0.2, 0.25) is 0 Å². The second-order valence-corrected chi connectivity index (χ2v) is 6.33. The van der Waals surface area contributed by atoms with E-state index >= 15 is 0 Å². The summed E-state index contributed by atoms with van der Waals surface area (Å²) in [6, 6.07) is 6.24. The molecule has 0 unspecified atom stereocenters. The van der Waals surface area contributed by atoms with Gasteiger partial charge in [-0.15, -0.1) is 0 Å². The van der Waals surface area contributed by atoms with Gasteiger partial charge in [-0.25, -0.2) is 0 Å². The molecule has 6 nitrogen and oxygen atoms in total. The number of aromatic nitrogens is 2. The molecule has 1 aromatic heterocycles. The Balaban J connectivity index is 1.76. The van der Waals surface area contributed by atoms with Crippen molar-refractivity contribution in [3.05, 3.63) is 41.7 Å². The van der Waals surface area contributed by atoms with E-state index in [0.717, 1.165) is 35.4 Å². The second kappa shape index (κ2) is 7.50. The van der Waals surface area contributed by atoms with Crippen LogP contribution in [0, 0.1) is 0 Å². The van der Waals surface area contributed by atoms with Crippen molar-refractivity contribution in [2.24, 2.45) is 0 Å². The lowest BCUT2D eigenvalue weighted by Gasteiger charge is -2.24. The number of alkyl halides is 3. The monoisotopic (exact) mass is 383 g/mol. The first-order valence-corrected chi connectivity index (χ1v) is 8.43. The zero-order valence-corrected chi connectivity index (χ0v) is 15.0. The number of methoxy groups -OCH3 is 2. The molecule has 1 amide bonds. The molecule has 1 aliphatic rings. The van der Waals surface area contributed by atoms with Gasteiger partial charge < -0.3 is 14.4 Å². The van der Waals surface area contributed by atoms with Crippen molar-refractivity contribution in [2.45, 2.75) is 38.1 Å². The van der Waals surface area contributed by atoms with Gasteiger partial charge in [0.15, 0.2) is 5.69 Å². The Kier molecular flexibility index (Phi) is 5.29. The van der Waals surface area contributed by atoms with E-state index in [1.54, 1.807) is 30.2 Å². The van der Waals surface area contributed by atoms with Crippen LogP contribution in [0.3, 0.4) is 0 Å². The van der Waals surface area contributed by atoms with E-state index in [9.17, 15) is 18.0 Å². The average molecular weight is 383 g/mol. The van der Waals surface area contributed by atoms with Crippen molar-refractivity contribution >= 4 is 5.91 Å². The number of nitrogens with zero attached hydrogens (tertiary/aromatic N) is 3. The summed E-state index contributed by atoms with van der Waals surface area (Å²) in [4.78, 5) is 14.4. The normalized spacial score (nSPS) is 14.1. The van der Waals surface area contributed by atoms with Crippen LogP contribution >= 0.6 is 0 Å². The van der Waals surface area contributed by atoms with Gasteiger partial charge in [0, 0.05) is 24.3 Å². The second-order valence-electron chi connectivity index (χ2n) is 6.33. The van der Waals surface area contributed by atoms with E-state index in [2.05, 4.69) is 5.10 Å². The Hall–Kier alpha value is -2.71. The highest BCUT2D eigenvalue weighted by atomic mass is 19.4. The van der Waals surface area contributed by atoms with Crippen molar-refractivity contribution in [1.29, 1.82) is 0 Å². The first kappa shape index (κ1) is 19.1. The number of rotatable bonds is 7. The number of hydrogen-bond donors (Lipinski definition) is 0. The lowest BCUT2D eigenvalue weighted by molar-refractivity contribution is -0.142. The van der Waals surface area contributed by atoms with E-state index in [-0.39, 0.29) is 25.0 Å². The highest BCUT2D eigenvalue weighted by Gasteiger charge is 2.35. The Bertz CT molecular complexity index is 816. The van der Waals surface area contributed by atoms with Gasteiger partial charge >= 0.3 is 6.18 Å². The van der Waals surface area contributed by atoms with E-state index in [1.807, 2.05) is 0 Å². The van der Waals surface area contributed by atoms with Crippen LogP contribution < -0.4 is 9.47 Å². The standard InChI is InChI=1S/C18H20F3N3O3/c1-26-14-5-6-15(27-2)12(9-14)10-24(13-3-4-13)17(25)11-23-8-7-16(22-23)18(19,20)21/h5-9,13H,3-4,10-11H2,1-2H3. The first-order valence-electron chi connectivity index (χ1n) is 8.43. The van der Waals surface area contributed by atoms with Crippen LogP contribution in [-0.2, 0) is 24.1 Å². The fraction of sp³-hybridized carbons (Fsp3) is 0.444. The summed E-state index contributed by atoms with van der Waals surface area (Å²) in [5.41, 5.74) is -0.240. The summed E-state index contributed by atoms with van der Waals surface area (Å²) in [5, 5.41) is 3.45. The summed E-state index contributed by atoms with van der Waals surface area (Å²) in [7, 11) is 3.09. The highest BCUT2D eigenvalue weighted by Crippen LogP contribution is 2.32. The minimum atomic E-state index is -4.53. The van der Waals surface area contributed by atoms with E-state index in [1.165, 1.54) is 7.11 Å². The molecule has 9 heteroatoms. The summed E-state index contributed by atoms with van der Waals surface area (Å²) in [5.74, 6) is 0.961. The summed E-state index contributed by atoms with van der Waals surface area (Å²) >= 11 is 0. The van der Waals surface area contributed by atoms with Gasteiger partial charge in [0.2, 0.25) is 5.91 Å². The van der Waals surface area contributed by atoms with Gasteiger partial charge in [-0.05, 0) is 37.1 Å². The Morgan fingerprint density at radius 2 is 2.00 bits per heavy atom. The van der Waals surface area contributed by atoms with Crippen molar-refractivity contribution in [3.8, 4) is 11.5 Å². The SMILES string of the molecule is COc1ccc(OC)c(CN(C(=O)Cn2ccc(C(F)(F)F)n2)C2CC2)c1. The van der Waals surface area contributed by atoms with Gasteiger partial charge in [-0.2, -0.15) is 18.3 Å². The largest absolute Gasteiger partial charge is 0.497 e. The van der Waals surface area contributed by atoms with E-state index in [4.69, 9.17) is 9.47 Å². The number of carbonyl (C=O) groups is 1. The topological polar surface area (TPSA) is 56.6 Å². The maximum atomic E-state index is 12.7. The van der Waals surface area contributed by atoms with E-state index < -0.39 is 11.9 Å². The third-order valence-corrected chi connectivity index (χ3v) is 4.36. The fourth-order valence-corrected chi connectivity index (χ4v) is 2.83. The molecule has 0 bridgehead atoms. The Morgan fingerprint density at radius 3 is 2.56 bits per heavy atom. The molecular formula is C18H20F3N3O3. The number of carbonyl (C=O) groups excluding carboxylic acids is 1. The minimum Gasteiger partial charge on any atom is -0.497 e. The highest BCUT2D eigenvalue weighted by molar-refractivity contribution is 5.76. The molecule has 0 radical (unpaired) electrons. The molecular weight excluding hydrogens is 363 g/mol. The lowest BCUT2D eigenvalue weighted by atomic mass is 10.1. The zero-order valence-electron chi connectivity index (χ0n) is 15.0. The van der Waals surface area contributed by atoms with Crippen molar-refractivity contribution in [3.63, 3.8) is 0 Å². The third kappa shape index (κ3) is 4.53. The molecule has 0 atom stereocenters. The summed E-state index contributed by atoms with van der Waals surface area (Å²) < 4.78 is 49.6. The molecule has 0 saturated heterocycles. The fourth-order valence-electron chi connectivity index (χ4n) is 2.83.